The molecule has 0 radical (unpaired) electrons. The maximum Gasteiger partial charge on any atom is 0.227 e. The molecule has 0 spiro atoms. The Hall–Kier alpha value is -2.94. The van der Waals surface area contributed by atoms with Gasteiger partial charge in [0.1, 0.15) is 0 Å². The monoisotopic (exact) mass is 347 g/mol. The lowest BCUT2D eigenvalue weighted by Crippen LogP contribution is -2.41. The zero-order chi connectivity index (χ0) is 18.0. The molecule has 1 aromatic heterocycles. The van der Waals surface area contributed by atoms with E-state index in [1.165, 1.54) is 5.56 Å². The van der Waals surface area contributed by atoms with E-state index in [-0.39, 0.29) is 11.9 Å². The van der Waals surface area contributed by atoms with E-state index in [1.54, 1.807) is 6.20 Å². The lowest BCUT2D eigenvalue weighted by molar-refractivity contribution is -0.119. The summed E-state index contributed by atoms with van der Waals surface area (Å²) in [6.45, 7) is 0.628. The summed E-state index contributed by atoms with van der Waals surface area (Å²) >= 11 is 0. The highest BCUT2D eigenvalue weighted by Gasteiger charge is 2.40. The summed E-state index contributed by atoms with van der Waals surface area (Å²) in [5.41, 5.74) is 1.76. The number of rotatable bonds is 6. The second-order valence-electron chi connectivity index (χ2n) is 6.86. The average molecular weight is 347 g/mol. The van der Waals surface area contributed by atoms with Crippen molar-refractivity contribution in [2.45, 2.75) is 43.8 Å². The fraction of sp³-hybridized carbons (Fsp3) is 0.400. The molecule has 2 aromatic rings. The van der Waals surface area contributed by atoms with Crippen molar-refractivity contribution in [2.24, 2.45) is 10.2 Å². The lowest BCUT2D eigenvalue weighted by atomic mass is 9.96. The number of carbonyl (C=O) groups excluding carboxylic acids is 1. The van der Waals surface area contributed by atoms with Crippen LogP contribution >= 0.6 is 0 Å². The molecule has 3 heterocycles. The van der Waals surface area contributed by atoms with Gasteiger partial charge in [-0.3, -0.25) is 9.48 Å². The van der Waals surface area contributed by atoms with Gasteiger partial charge in [-0.25, -0.2) is 0 Å². The minimum atomic E-state index is -0.418. The Morgan fingerprint density at radius 1 is 1.27 bits per heavy atom. The van der Waals surface area contributed by atoms with E-state index in [2.05, 4.69) is 27.3 Å². The predicted octanol–water partition coefficient (Wildman–Crippen LogP) is 3.37. The maximum absolute atomic E-state index is 13.0. The van der Waals surface area contributed by atoms with Gasteiger partial charge in [-0.1, -0.05) is 18.2 Å². The van der Waals surface area contributed by atoms with E-state index in [0.717, 1.165) is 18.5 Å². The van der Waals surface area contributed by atoms with Gasteiger partial charge in [-0.05, 0) is 24.1 Å². The normalized spacial score (nSPS) is 19.7. The molecule has 0 fully saturated rings. The molecule has 132 valence electrons. The Kier molecular flexibility index (Phi) is 4.29. The molecule has 0 saturated heterocycles. The standard InChI is InChI=1S/C20H21N5O/c1-2-3-10-20(22-23-20)11-9-19(26)24-15-17(25-13-6-12-21-25)14-16-7-4-5-8-18(16)24/h1,4-8,12-13,17H,3,9-11,14-15H2. The number of nitrogens with zero attached hydrogens (tertiary/aromatic N) is 5. The number of para-hydroxylation sites is 1. The van der Waals surface area contributed by atoms with Crippen LogP contribution in [0, 0.1) is 12.3 Å². The molecular weight excluding hydrogens is 326 g/mol. The summed E-state index contributed by atoms with van der Waals surface area (Å²) in [5, 5.41) is 12.6. The number of aromatic nitrogens is 2. The van der Waals surface area contributed by atoms with E-state index >= 15 is 0 Å². The molecule has 26 heavy (non-hydrogen) atoms. The number of hydrogen-bond acceptors (Lipinski definition) is 4. The highest BCUT2D eigenvalue weighted by molar-refractivity contribution is 5.94. The highest BCUT2D eigenvalue weighted by Crippen LogP contribution is 2.38. The van der Waals surface area contributed by atoms with Crippen LogP contribution in [0.15, 0.2) is 53.0 Å². The summed E-state index contributed by atoms with van der Waals surface area (Å²) in [7, 11) is 0. The summed E-state index contributed by atoms with van der Waals surface area (Å²) < 4.78 is 1.94. The SMILES string of the molecule is C#CCCC1(CCC(=O)N2CC(n3cccn3)Cc3ccccc32)N=N1. The van der Waals surface area contributed by atoms with Crippen LogP contribution in [-0.4, -0.2) is 27.9 Å². The third-order valence-corrected chi connectivity index (χ3v) is 5.12. The third-order valence-electron chi connectivity index (χ3n) is 5.12. The molecular formula is C20H21N5O. The Balaban J connectivity index is 1.49. The summed E-state index contributed by atoms with van der Waals surface area (Å²) in [5.74, 6) is 2.73. The highest BCUT2D eigenvalue weighted by atomic mass is 16.2. The molecule has 2 aliphatic rings. The Morgan fingerprint density at radius 3 is 2.85 bits per heavy atom. The van der Waals surface area contributed by atoms with Crippen LogP contribution in [0.3, 0.4) is 0 Å². The molecule has 6 nitrogen and oxygen atoms in total. The third kappa shape index (κ3) is 3.25. The zero-order valence-electron chi connectivity index (χ0n) is 14.6. The number of hydrogen-bond donors (Lipinski definition) is 0. The van der Waals surface area contributed by atoms with Crippen molar-refractivity contribution >= 4 is 11.6 Å². The Labute approximate surface area is 152 Å². The molecule has 1 aromatic carbocycles. The van der Waals surface area contributed by atoms with Crippen molar-refractivity contribution in [1.29, 1.82) is 0 Å². The minimum absolute atomic E-state index is 0.103. The first-order valence-electron chi connectivity index (χ1n) is 8.96. The smallest absolute Gasteiger partial charge is 0.227 e. The van der Waals surface area contributed by atoms with E-state index in [1.807, 2.05) is 40.0 Å². The van der Waals surface area contributed by atoms with Crippen LogP contribution in [0.2, 0.25) is 0 Å². The Morgan fingerprint density at radius 2 is 2.12 bits per heavy atom. The molecule has 1 unspecified atom stereocenters. The quantitative estimate of drug-likeness (QED) is 0.752. The first-order valence-corrected chi connectivity index (χ1v) is 8.96. The van der Waals surface area contributed by atoms with Crippen LogP contribution < -0.4 is 4.90 Å². The topological polar surface area (TPSA) is 62.9 Å². The van der Waals surface area contributed by atoms with Gasteiger partial charge in [0.05, 0.1) is 6.04 Å². The van der Waals surface area contributed by atoms with E-state index in [4.69, 9.17) is 6.42 Å². The number of fused-ring (bicyclic) bond motifs is 1. The van der Waals surface area contributed by atoms with Crippen LogP contribution in [0.1, 0.15) is 37.3 Å². The Bertz CT molecular complexity index is 859. The summed E-state index contributed by atoms with van der Waals surface area (Å²) in [6, 6.07) is 10.2. The fourth-order valence-electron chi connectivity index (χ4n) is 3.59. The number of benzene rings is 1. The maximum atomic E-state index is 13.0. The summed E-state index contributed by atoms with van der Waals surface area (Å²) in [6.07, 6.45) is 12.3. The molecule has 4 rings (SSSR count). The van der Waals surface area contributed by atoms with Gasteiger partial charge in [0.15, 0.2) is 5.66 Å². The second-order valence-corrected chi connectivity index (χ2v) is 6.86. The number of carbonyl (C=O) groups is 1. The lowest BCUT2D eigenvalue weighted by Gasteiger charge is -2.35. The first kappa shape index (κ1) is 16.5. The van der Waals surface area contributed by atoms with Crippen molar-refractivity contribution in [2.75, 3.05) is 11.4 Å². The number of amides is 1. The molecule has 0 bridgehead atoms. The van der Waals surface area contributed by atoms with E-state index < -0.39 is 5.66 Å². The van der Waals surface area contributed by atoms with E-state index in [9.17, 15) is 4.79 Å². The van der Waals surface area contributed by atoms with Gasteiger partial charge in [0.2, 0.25) is 5.91 Å². The van der Waals surface area contributed by atoms with Crippen molar-refractivity contribution in [3.63, 3.8) is 0 Å². The number of terminal acetylenes is 1. The van der Waals surface area contributed by atoms with Crippen LogP contribution in [-0.2, 0) is 11.2 Å². The van der Waals surface area contributed by atoms with Crippen LogP contribution in [0.25, 0.3) is 0 Å². The van der Waals surface area contributed by atoms with Crippen molar-refractivity contribution in [3.8, 4) is 12.3 Å². The first-order chi connectivity index (χ1) is 12.7. The zero-order valence-corrected chi connectivity index (χ0v) is 14.6. The van der Waals surface area contributed by atoms with Gasteiger partial charge in [0, 0.05) is 50.3 Å². The number of anilines is 1. The van der Waals surface area contributed by atoms with Gasteiger partial charge in [-0.2, -0.15) is 15.3 Å². The fourth-order valence-corrected chi connectivity index (χ4v) is 3.59. The van der Waals surface area contributed by atoms with Gasteiger partial charge in [-0.15, -0.1) is 12.3 Å². The largest absolute Gasteiger partial charge is 0.310 e. The molecule has 0 aliphatic carbocycles. The van der Waals surface area contributed by atoms with Crippen molar-refractivity contribution < 1.29 is 4.79 Å². The molecule has 2 aliphatic heterocycles. The van der Waals surface area contributed by atoms with Crippen LogP contribution in [0.4, 0.5) is 5.69 Å². The molecule has 6 heteroatoms. The summed E-state index contributed by atoms with van der Waals surface area (Å²) in [4.78, 5) is 14.9. The molecule has 0 saturated carbocycles. The molecule has 0 N–H and O–H groups in total. The van der Waals surface area contributed by atoms with E-state index in [0.29, 0.717) is 25.8 Å². The molecule has 1 atom stereocenters. The van der Waals surface area contributed by atoms with Crippen molar-refractivity contribution in [1.82, 2.24) is 9.78 Å². The van der Waals surface area contributed by atoms with Gasteiger partial charge >= 0.3 is 0 Å². The molecule has 1 amide bonds. The second kappa shape index (κ2) is 6.75. The predicted molar refractivity (Wildman–Crippen MR) is 98.7 cm³/mol. The minimum Gasteiger partial charge on any atom is -0.310 e. The van der Waals surface area contributed by atoms with Gasteiger partial charge < -0.3 is 4.90 Å². The van der Waals surface area contributed by atoms with Gasteiger partial charge in [0.25, 0.3) is 0 Å². The van der Waals surface area contributed by atoms with Crippen LogP contribution in [0.5, 0.6) is 0 Å². The van der Waals surface area contributed by atoms with Crippen molar-refractivity contribution in [3.05, 3.63) is 48.3 Å². The average Bonchev–Trinajstić information content (AvgIpc) is 3.23.